The standard InChI is InChI=1S/C15H22ClN3O.HI/c1-4-10-18-15(17-5-2)19(3)11-12-20-14-8-6-13(16)7-9-14;/h4,6-9H,1,5,10-12H2,2-3H3,(H,17,18);1H. The molecule has 0 unspecified atom stereocenters. The fourth-order valence-electron chi connectivity index (χ4n) is 1.56. The Morgan fingerprint density at radius 1 is 1.43 bits per heavy atom. The number of rotatable bonds is 7. The van der Waals surface area contributed by atoms with Gasteiger partial charge in [0.05, 0.1) is 13.1 Å². The summed E-state index contributed by atoms with van der Waals surface area (Å²) in [5, 5.41) is 3.94. The Kier molecular flexibility index (Phi) is 11.2. The van der Waals surface area contributed by atoms with E-state index in [1.54, 1.807) is 6.08 Å². The number of aliphatic imine (C=N–C) groups is 1. The summed E-state index contributed by atoms with van der Waals surface area (Å²) in [7, 11) is 1.98. The maximum absolute atomic E-state index is 5.83. The average Bonchev–Trinajstić information content (AvgIpc) is 2.45. The first-order chi connectivity index (χ1) is 9.67. The minimum absolute atomic E-state index is 0. The summed E-state index contributed by atoms with van der Waals surface area (Å²) in [5.41, 5.74) is 0. The number of likely N-dealkylation sites (N-methyl/N-ethyl adjacent to an activating group) is 1. The zero-order valence-corrected chi connectivity index (χ0v) is 15.6. The topological polar surface area (TPSA) is 36.9 Å². The van der Waals surface area contributed by atoms with Crippen molar-refractivity contribution in [1.29, 1.82) is 0 Å². The molecule has 0 fully saturated rings. The predicted molar refractivity (Wildman–Crippen MR) is 101 cm³/mol. The minimum atomic E-state index is 0. The molecule has 0 spiro atoms. The van der Waals surface area contributed by atoms with Gasteiger partial charge in [0.1, 0.15) is 12.4 Å². The Hall–Kier alpha value is -0.950. The molecule has 6 heteroatoms. The summed E-state index contributed by atoms with van der Waals surface area (Å²) in [6.45, 7) is 8.47. The summed E-state index contributed by atoms with van der Waals surface area (Å²) in [6, 6.07) is 7.35. The van der Waals surface area contributed by atoms with Gasteiger partial charge in [-0.25, -0.2) is 4.99 Å². The molecule has 0 aliphatic rings. The number of nitrogens with one attached hydrogen (secondary N) is 1. The lowest BCUT2D eigenvalue weighted by atomic mass is 10.3. The molecule has 118 valence electrons. The minimum Gasteiger partial charge on any atom is -0.492 e. The van der Waals surface area contributed by atoms with Crippen LogP contribution in [0.15, 0.2) is 41.9 Å². The van der Waals surface area contributed by atoms with Crippen molar-refractivity contribution in [3.63, 3.8) is 0 Å². The van der Waals surface area contributed by atoms with Crippen LogP contribution in [-0.2, 0) is 0 Å². The second-order valence-corrected chi connectivity index (χ2v) is 4.64. The van der Waals surface area contributed by atoms with Crippen LogP contribution in [0, 0.1) is 0 Å². The molecule has 0 saturated heterocycles. The molecule has 0 heterocycles. The highest BCUT2D eigenvalue weighted by Crippen LogP contribution is 2.15. The largest absolute Gasteiger partial charge is 0.492 e. The second kappa shape index (κ2) is 11.7. The van der Waals surface area contributed by atoms with E-state index >= 15 is 0 Å². The number of benzene rings is 1. The molecular weight excluding hydrogens is 401 g/mol. The van der Waals surface area contributed by atoms with Crippen LogP contribution in [0.3, 0.4) is 0 Å². The number of guanidine groups is 1. The van der Waals surface area contributed by atoms with E-state index in [0.717, 1.165) is 24.8 Å². The summed E-state index contributed by atoms with van der Waals surface area (Å²) in [6.07, 6.45) is 1.77. The molecule has 4 nitrogen and oxygen atoms in total. The first-order valence-corrected chi connectivity index (χ1v) is 7.04. The zero-order chi connectivity index (χ0) is 14.8. The third kappa shape index (κ3) is 8.16. The van der Waals surface area contributed by atoms with Crippen molar-refractivity contribution < 1.29 is 4.74 Å². The number of hydrogen-bond acceptors (Lipinski definition) is 2. The maximum Gasteiger partial charge on any atom is 0.194 e. The summed E-state index contributed by atoms with van der Waals surface area (Å²) in [5.74, 6) is 1.67. The van der Waals surface area contributed by atoms with Gasteiger partial charge in [0, 0.05) is 18.6 Å². The fourth-order valence-corrected chi connectivity index (χ4v) is 1.68. The van der Waals surface area contributed by atoms with Crippen molar-refractivity contribution in [3.05, 3.63) is 41.9 Å². The second-order valence-electron chi connectivity index (χ2n) is 4.21. The zero-order valence-electron chi connectivity index (χ0n) is 12.5. The van der Waals surface area contributed by atoms with Crippen molar-refractivity contribution in [2.75, 3.05) is 33.3 Å². The summed E-state index contributed by atoms with van der Waals surface area (Å²) >= 11 is 5.83. The van der Waals surface area contributed by atoms with Gasteiger partial charge in [-0.1, -0.05) is 17.7 Å². The SMILES string of the molecule is C=CCN=C(NCC)N(C)CCOc1ccc(Cl)cc1.I. The average molecular weight is 424 g/mol. The lowest BCUT2D eigenvalue weighted by molar-refractivity contribution is 0.281. The molecule has 0 radical (unpaired) electrons. The molecular formula is C15H23ClIN3O. The van der Waals surface area contributed by atoms with Gasteiger partial charge in [-0.15, -0.1) is 30.6 Å². The number of nitrogens with zero attached hydrogens (tertiary/aromatic N) is 2. The quantitative estimate of drug-likeness (QED) is 0.316. The van der Waals surface area contributed by atoms with E-state index in [2.05, 4.69) is 16.9 Å². The smallest absolute Gasteiger partial charge is 0.194 e. The van der Waals surface area contributed by atoms with E-state index in [9.17, 15) is 0 Å². The van der Waals surface area contributed by atoms with Gasteiger partial charge in [-0.05, 0) is 31.2 Å². The third-order valence-corrected chi connectivity index (χ3v) is 2.83. The van der Waals surface area contributed by atoms with Crippen molar-refractivity contribution in [3.8, 4) is 5.75 Å². The lowest BCUT2D eigenvalue weighted by Crippen LogP contribution is -2.40. The van der Waals surface area contributed by atoms with E-state index in [1.165, 1.54) is 0 Å². The van der Waals surface area contributed by atoms with Gasteiger partial charge in [-0.2, -0.15) is 0 Å². The summed E-state index contributed by atoms with van der Waals surface area (Å²) < 4.78 is 5.66. The van der Waals surface area contributed by atoms with Crippen LogP contribution in [0.4, 0.5) is 0 Å². The molecule has 0 aromatic heterocycles. The van der Waals surface area contributed by atoms with E-state index in [4.69, 9.17) is 16.3 Å². The molecule has 1 rings (SSSR count). The molecule has 1 aromatic rings. The highest BCUT2D eigenvalue weighted by molar-refractivity contribution is 14.0. The van der Waals surface area contributed by atoms with Crippen LogP contribution in [0.2, 0.25) is 5.02 Å². The monoisotopic (exact) mass is 423 g/mol. The first-order valence-electron chi connectivity index (χ1n) is 6.66. The first kappa shape index (κ1) is 20.1. The van der Waals surface area contributed by atoms with E-state index in [0.29, 0.717) is 18.2 Å². The van der Waals surface area contributed by atoms with E-state index in [-0.39, 0.29) is 24.0 Å². The van der Waals surface area contributed by atoms with Gasteiger partial charge >= 0.3 is 0 Å². The highest BCUT2D eigenvalue weighted by atomic mass is 127. The molecule has 0 aliphatic carbocycles. The molecule has 0 atom stereocenters. The van der Waals surface area contributed by atoms with Crippen LogP contribution in [-0.4, -0.2) is 44.1 Å². The van der Waals surface area contributed by atoms with Crippen LogP contribution in [0.25, 0.3) is 0 Å². The molecule has 0 bridgehead atoms. The molecule has 21 heavy (non-hydrogen) atoms. The Labute approximate surface area is 149 Å². The normalized spacial score (nSPS) is 10.5. The van der Waals surface area contributed by atoms with Crippen molar-refractivity contribution in [2.24, 2.45) is 4.99 Å². The Balaban J connectivity index is 0.00000400. The number of ether oxygens (including phenoxy) is 1. The molecule has 0 aliphatic heterocycles. The van der Waals surface area contributed by atoms with E-state index < -0.39 is 0 Å². The predicted octanol–water partition coefficient (Wildman–Crippen LogP) is 3.42. The van der Waals surface area contributed by atoms with Gasteiger partial charge in [-0.3, -0.25) is 0 Å². The molecule has 0 saturated carbocycles. The number of hydrogen-bond donors (Lipinski definition) is 1. The Morgan fingerprint density at radius 3 is 2.67 bits per heavy atom. The molecule has 1 aromatic carbocycles. The lowest BCUT2D eigenvalue weighted by Gasteiger charge is -2.21. The van der Waals surface area contributed by atoms with Crippen LogP contribution in [0.5, 0.6) is 5.75 Å². The molecule has 0 amide bonds. The van der Waals surface area contributed by atoms with Gasteiger partial charge < -0.3 is 15.0 Å². The van der Waals surface area contributed by atoms with Crippen molar-refractivity contribution >= 4 is 41.5 Å². The highest BCUT2D eigenvalue weighted by Gasteiger charge is 2.04. The van der Waals surface area contributed by atoms with Crippen LogP contribution >= 0.6 is 35.6 Å². The fraction of sp³-hybridized carbons (Fsp3) is 0.400. The van der Waals surface area contributed by atoms with Crippen LogP contribution in [0.1, 0.15) is 6.92 Å². The summed E-state index contributed by atoms with van der Waals surface area (Å²) in [4.78, 5) is 6.44. The van der Waals surface area contributed by atoms with Crippen LogP contribution < -0.4 is 10.1 Å². The Morgan fingerprint density at radius 2 is 2.10 bits per heavy atom. The van der Waals surface area contributed by atoms with Crippen molar-refractivity contribution in [1.82, 2.24) is 10.2 Å². The third-order valence-electron chi connectivity index (χ3n) is 2.58. The van der Waals surface area contributed by atoms with Gasteiger partial charge in [0.2, 0.25) is 0 Å². The molecule has 1 N–H and O–H groups in total. The van der Waals surface area contributed by atoms with Gasteiger partial charge in [0.25, 0.3) is 0 Å². The maximum atomic E-state index is 5.83. The van der Waals surface area contributed by atoms with Gasteiger partial charge in [0.15, 0.2) is 5.96 Å². The number of halogens is 2. The Bertz CT molecular complexity index is 437. The van der Waals surface area contributed by atoms with Crippen molar-refractivity contribution in [2.45, 2.75) is 6.92 Å². The van der Waals surface area contributed by atoms with E-state index in [1.807, 2.05) is 43.1 Å².